The summed E-state index contributed by atoms with van der Waals surface area (Å²) in [6, 6.07) is 9.70. The molecule has 4 heterocycles. The number of carbonyl (C=O) groups excluding carboxylic acids is 1. The maximum Gasteiger partial charge on any atom is 0.258 e. The van der Waals surface area contributed by atoms with Crippen molar-refractivity contribution < 1.29 is 19.4 Å². The molecule has 5 aliphatic rings. The first-order valence-electron chi connectivity index (χ1n) is 11.6. The normalized spacial score (nSPS) is 32.0. The van der Waals surface area contributed by atoms with Crippen LogP contribution >= 0.6 is 0 Å². The number of hydrogen-bond acceptors (Lipinski definition) is 6. The molecule has 3 aromatic rings. The van der Waals surface area contributed by atoms with Crippen LogP contribution in [-0.4, -0.2) is 48.3 Å². The fourth-order valence-corrected chi connectivity index (χ4v) is 7.60. The first-order valence-corrected chi connectivity index (χ1v) is 11.6. The van der Waals surface area contributed by atoms with E-state index in [1.165, 1.54) is 5.56 Å². The first kappa shape index (κ1) is 18.3. The van der Waals surface area contributed by atoms with Crippen molar-refractivity contribution in [3.8, 4) is 11.5 Å². The van der Waals surface area contributed by atoms with Crippen molar-refractivity contribution in [2.24, 2.45) is 0 Å². The largest absolute Gasteiger partial charge is 0.493 e. The Morgan fingerprint density at radius 1 is 1.30 bits per heavy atom. The Balaban J connectivity index is 1.50. The smallest absolute Gasteiger partial charge is 0.258 e. The zero-order valence-corrected chi connectivity index (χ0v) is 18.4. The van der Waals surface area contributed by atoms with Gasteiger partial charge in [0.15, 0.2) is 17.6 Å². The lowest BCUT2D eigenvalue weighted by Gasteiger charge is -2.60. The van der Waals surface area contributed by atoms with Crippen LogP contribution in [0, 0.1) is 0 Å². The monoisotopic (exact) mass is 441 g/mol. The highest BCUT2D eigenvalue weighted by Gasteiger charge is 2.72. The molecule has 3 aliphatic heterocycles. The summed E-state index contributed by atoms with van der Waals surface area (Å²) in [4.78, 5) is 19.9. The van der Waals surface area contributed by atoms with E-state index in [1.807, 2.05) is 31.3 Å². The number of nitrogens with one attached hydrogen (secondary N) is 1. The predicted molar refractivity (Wildman–Crippen MR) is 121 cm³/mol. The second kappa shape index (κ2) is 5.48. The fourth-order valence-electron chi connectivity index (χ4n) is 7.60. The molecule has 166 valence electrons. The number of aromatic nitrogens is 1. The van der Waals surface area contributed by atoms with Gasteiger partial charge in [-0.3, -0.25) is 4.79 Å². The standard InChI is InChI=1S/C26H23N3O4/c1-29-21-14-11-26(31)17-10-12-6-7-16(32-2)22-19(12)25(26,8-9-27-17)23(33-22)20(14)28-15-5-3-4-13(18(15)21)24(29)30/h3-7,17,23,27,31H,8-11H2,1-2H3/t17?,23?,25-,26?/m0/s1. The zero-order valence-electron chi connectivity index (χ0n) is 18.4. The van der Waals surface area contributed by atoms with Gasteiger partial charge in [0.05, 0.1) is 40.6 Å². The Hall–Kier alpha value is -3.16. The summed E-state index contributed by atoms with van der Waals surface area (Å²) in [6.07, 6.45) is 1.47. The van der Waals surface area contributed by atoms with E-state index in [4.69, 9.17) is 14.5 Å². The first-order chi connectivity index (χ1) is 16.0. The molecule has 4 atom stereocenters. The molecule has 1 aromatic heterocycles. The van der Waals surface area contributed by atoms with Crippen molar-refractivity contribution in [3.05, 3.63) is 58.3 Å². The summed E-state index contributed by atoms with van der Waals surface area (Å²) in [7, 11) is 3.47. The number of aliphatic hydroxyl groups is 1. The number of hydrogen-bond donors (Lipinski definition) is 2. The molecule has 1 fully saturated rings. The number of nitrogens with zero attached hydrogens (tertiary/aromatic N) is 2. The summed E-state index contributed by atoms with van der Waals surface area (Å²) in [5.41, 5.74) is 4.76. The highest BCUT2D eigenvalue weighted by atomic mass is 16.5. The Morgan fingerprint density at radius 2 is 2.18 bits per heavy atom. The molecular weight excluding hydrogens is 418 g/mol. The number of carbonyl (C=O) groups is 1. The van der Waals surface area contributed by atoms with Gasteiger partial charge in [0.25, 0.3) is 5.91 Å². The third-order valence-electron chi connectivity index (χ3n) is 8.92. The second-order valence-corrected chi connectivity index (χ2v) is 10.1. The number of piperidine rings is 1. The fraction of sp³-hybridized carbons (Fsp3) is 0.385. The van der Waals surface area contributed by atoms with Crippen molar-refractivity contribution in [1.82, 2.24) is 10.3 Å². The summed E-state index contributed by atoms with van der Waals surface area (Å²) < 4.78 is 12.4. The molecule has 0 radical (unpaired) electrons. The van der Waals surface area contributed by atoms with E-state index in [-0.39, 0.29) is 11.9 Å². The molecule has 1 saturated heterocycles. The van der Waals surface area contributed by atoms with Gasteiger partial charge in [-0.15, -0.1) is 0 Å². The SMILES string of the molecule is COc1ccc2c3c1OC1c4nc5cccc6c5c(c4CC4(O)C(C2)NCC[C@]314)N(C)C6=O. The molecule has 8 rings (SSSR count). The minimum absolute atomic E-state index is 0.0281. The van der Waals surface area contributed by atoms with Gasteiger partial charge >= 0.3 is 0 Å². The van der Waals surface area contributed by atoms with Gasteiger partial charge in [0, 0.05) is 36.0 Å². The van der Waals surface area contributed by atoms with E-state index in [0.717, 1.165) is 58.5 Å². The van der Waals surface area contributed by atoms with Gasteiger partial charge in [-0.2, -0.15) is 0 Å². The Labute approximate surface area is 190 Å². The molecule has 33 heavy (non-hydrogen) atoms. The predicted octanol–water partition coefficient (Wildman–Crippen LogP) is 2.41. The molecule has 7 heteroatoms. The van der Waals surface area contributed by atoms with Crippen LogP contribution in [0.15, 0.2) is 30.3 Å². The van der Waals surface area contributed by atoms with Crippen LogP contribution in [0.5, 0.6) is 11.5 Å². The maximum absolute atomic E-state index is 13.1. The van der Waals surface area contributed by atoms with Crippen molar-refractivity contribution >= 4 is 22.5 Å². The molecule has 2 N–H and O–H groups in total. The molecule has 2 aliphatic carbocycles. The lowest BCUT2D eigenvalue weighted by molar-refractivity contribution is -0.134. The molecule has 1 spiro atoms. The summed E-state index contributed by atoms with van der Waals surface area (Å²) in [6.45, 7) is 0.807. The third kappa shape index (κ3) is 1.75. The van der Waals surface area contributed by atoms with Crippen LogP contribution < -0.4 is 19.7 Å². The Bertz CT molecular complexity index is 1450. The molecular formula is C26H23N3O4. The third-order valence-corrected chi connectivity index (χ3v) is 8.92. The Morgan fingerprint density at radius 3 is 3.03 bits per heavy atom. The molecule has 7 nitrogen and oxygen atoms in total. The van der Waals surface area contributed by atoms with E-state index >= 15 is 0 Å². The van der Waals surface area contributed by atoms with E-state index in [0.29, 0.717) is 17.7 Å². The molecule has 2 bridgehead atoms. The van der Waals surface area contributed by atoms with Gasteiger partial charge in [-0.1, -0.05) is 12.1 Å². The number of amides is 1. The number of rotatable bonds is 1. The maximum atomic E-state index is 13.1. The van der Waals surface area contributed by atoms with Crippen LogP contribution in [-0.2, 0) is 18.3 Å². The topological polar surface area (TPSA) is 83.9 Å². The van der Waals surface area contributed by atoms with E-state index in [1.54, 1.807) is 12.0 Å². The van der Waals surface area contributed by atoms with E-state index in [9.17, 15) is 9.90 Å². The van der Waals surface area contributed by atoms with E-state index in [2.05, 4.69) is 11.4 Å². The summed E-state index contributed by atoms with van der Waals surface area (Å²) in [5, 5.41) is 17.0. The van der Waals surface area contributed by atoms with Crippen LogP contribution in [0.4, 0.5) is 5.69 Å². The average molecular weight is 441 g/mol. The summed E-state index contributed by atoms with van der Waals surface area (Å²) in [5.74, 6) is 1.40. The van der Waals surface area contributed by atoms with Crippen LogP contribution in [0.25, 0.3) is 10.9 Å². The van der Waals surface area contributed by atoms with Gasteiger partial charge in [-0.05, 0) is 43.1 Å². The van der Waals surface area contributed by atoms with Gasteiger partial charge in [-0.25, -0.2) is 4.98 Å². The van der Waals surface area contributed by atoms with Crippen molar-refractivity contribution in [2.75, 3.05) is 25.6 Å². The zero-order chi connectivity index (χ0) is 22.3. The number of ether oxygens (including phenoxy) is 2. The number of fused-ring (bicyclic) bond motifs is 3. The molecule has 1 amide bonds. The summed E-state index contributed by atoms with van der Waals surface area (Å²) >= 11 is 0. The van der Waals surface area contributed by atoms with Crippen LogP contribution in [0.1, 0.15) is 45.3 Å². The lowest BCUT2D eigenvalue weighted by Crippen LogP contribution is -2.74. The van der Waals surface area contributed by atoms with E-state index < -0.39 is 17.1 Å². The van der Waals surface area contributed by atoms with Crippen LogP contribution in [0.3, 0.4) is 0 Å². The average Bonchev–Trinajstić information content (AvgIpc) is 3.28. The van der Waals surface area contributed by atoms with Gasteiger partial charge in [0.2, 0.25) is 0 Å². The van der Waals surface area contributed by atoms with Crippen molar-refractivity contribution in [2.45, 2.75) is 42.4 Å². The van der Waals surface area contributed by atoms with Gasteiger partial charge in [0.1, 0.15) is 0 Å². The Kier molecular flexibility index (Phi) is 3.04. The van der Waals surface area contributed by atoms with Crippen molar-refractivity contribution in [3.63, 3.8) is 0 Å². The minimum atomic E-state index is -1.05. The molecule has 3 unspecified atom stereocenters. The number of methoxy groups -OCH3 is 1. The number of pyridine rings is 1. The van der Waals surface area contributed by atoms with Crippen LogP contribution in [0.2, 0.25) is 0 Å². The quantitative estimate of drug-likeness (QED) is 0.604. The lowest BCUT2D eigenvalue weighted by atomic mass is 9.49. The van der Waals surface area contributed by atoms with Gasteiger partial charge < -0.3 is 24.8 Å². The van der Waals surface area contributed by atoms with Crippen molar-refractivity contribution in [1.29, 1.82) is 0 Å². The minimum Gasteiger partial charge on any atom is -0.493 e. The highest BCUT2D eigenvalue weighted by molar-refractivity contribution is 6.25. The number of benzene rings is 2. The second-order valence-electron chi connectivity index (χ2n) is 10.1. The highest BCUT2D eigenvalue weighted by Crippen LogP contribution is 2.68. The number of anilines is 1. The molecule has 0 saturated carbocycles. The molecule has 2 aromatic carbocycles.